The van der Waals surface area contributed by atoms with E-state index in [1.165, 1.54) is 0 Å². The second kappa shape index (κ2) is 12.9. The van der Waals surface area contributed by atoms with Gasteiger partial charge in [0.05, 0.1) is 0 Å². The van der Waals surface area contributed by atoms with Crippen molar-refractivity contribution in [1.29, 1.82) is 0 Å². The Hall–Kier alpha value is -4.36. The summed E-state index contributed by atoms with van der Waals surface area (Å²) in [7, 11) is 0. The van der Waals surface area contributed by atoms with Crippen LogP contribution in [0.3, 0.4) is 0 Å². The van der Waals surface area contributed by atoms with Crippen LogP contribution in [0.4, 0.5) is 0 Å². The maximum absolute atomic E-state index is 12.0. The maximum atomic E-state index is 12.0. The van der Waals surface area contributed by atoms with Gasteiger partial charge in [0.2, 0.25) is 0 Å². The number of Topliss-reactive ketones (excluding diaryl/α,β-unsaturated/α-hetero) is 4. The summed E-state index contributed by atoms with van der Waals surface area (Å²) in [4.78, 5) is 47.0. The zero-order chi connectivity index (χ0) is 31.7. The summed E-state index contributed by atoms with van der Waals surface area (Å²) in [5.41, 5.74) is 9.25. The topological polar surface area (TPSA) is 86.7 Å². The lowest BCUT2D eigenvalue weighted by Gasteiger charge is -2.24. The average molecular weight is 666 g/mol. The largest absolute Gasteiger partial charge is 0.489 e. The Morgan fingerprint density at radius 3 is 2.09 bits per heavy atom. The fourth-order valence-corrected chi connectivity index (χ4v) is 6.47. The zero-order valence-corrected chi connectivity index (χ0v) is 26.9. The number of rotatable bonds is 5. The predicted octanol–water partition coefficient (Wildman–Crippen LogP) is 8.72. The molecule has 1 aliphatic heterocycles. The van der Waals surface area contributed by atoms with Gasteiger partial charge in [0, 0.05) is 50.7 Å². The van der Waals surface area contributed by atoms with Gasteiger partial charge in [0.15, 0.2) is 23.1 Å². The Kier molecular flexibility index (Phi) is 8.81. The number of carbonyl (C=O) groups is 4. The molecular weight excluding hydrogens is 632 g/mol. The van der Waals surface area contributed by atoms with E-state index in [2.05, 4.69) is 22.0 Å². The third-order valence-electron chi connectivity index (χ3n) is 8.62. The van der Waals surface area contributed by atoms with Crippen molar-refractivity contribution in [3.8, 4) is 22.6 Å². The molecule has 7 heteroatoms. The SMILES string of the molecule is CC(=O)c1ccc(Br)c(COc2ccc3c(c2)C(=O)CCC3)c1.CC(=O)c1ccc2c(c1)COc1cc3c(cc1-2)CCCC3=O. The van der Waals surface area contributed by atoms with E-state index >= 15 is 0 Å². The zero-order valence-electron chi connectivity index (χ0n) is 25.3. The van der Waals surface area contributed by atoms with Gasteiger partial charge in [-0.25, -0.2) is 0 Å². The van der Waals surface area contributed by atoms with Crippen molar-refractivity contribution >= 4 is 39.1 Å². The first-order valence-electron chi connectivity index (χ1n) is 15.2. The van der Waals surface area contributed by atoms with Gasteiger partial charge >= 0.3 is 0 Å². The molecule has 6 nitrogen and oxygen atoms in total. The molecule has 0 atom stereocenters. The van der Waals surface area contributed by atoms with Gasteiger partial charge in [-0.2, -0.15) is 0 Å². The summed E-state index contributed by atoms with van der Waals surface area (Å²) in [6.45, 7) is 3.90. The van der Waals surface area contributed by atoms with E-state index in [0.29, 0.717) is 42.9 Å². The second-order valence-corrected chi connectivity index (χ2v) is 12.6. The van der Waals surface area contributed by atoms with Gasteiger partial charge in [0.25, 0.3) is 0 Å². The Morgan fingerprint density at radius 2 is 1.36 bits per heavy atom. The van der Waals surface area contributed by atoms with Crippen LogP contribution in [-0.2, 0) is 26.1 Å². The van der Waals surface area contributed by atoms with Crippen molar-refractivity contribution in [2.45, 2.75) is 65.6 Å². The van der Waals surface area contributed by atoms with Crippen molar-refractivity contribution in [2.75, 3.05) is 0 Å². The molecular formula is C38H33BrO6. The third-order valence-corrected chi connectivity index (χ3v) is 9.39. The van der Waals surface area contributed by atoms with Gasteiger partial charge < -0.3 is 9.47 Å². The van der Waals surface area contributed by atoms with Crippen molar-refractivity contribution in [3.05, 3.63) is 116 Å². The van der Waals surface area contributed by atoms with Crippen LogP contribution >= 0.6 is 15.9 Å². The van der Waals surface area contributed by atoms with E-state index in [1.807, 2.05) is 54.6 Å². The third kappa shape index (κ3) is 6.54. The lowest BCUT2D eigenvalue weighted by atomic mass is 9.86. The highest BCUT2D eigenvalue weighted by atomic mass is 79.9. The molecule has 0 unspecified atom stereocenters. The van der Waals surface area contributed by atoms with Crippen LogP contribution in [0.1, 0.15) is 103 Å². The van der Waals surface area contributed by atoms with Crippen molar-refractivity contribution in [2.24, 2.45) is 0 Å². The minimum absolute atomic E-state index is 0.0260. The lowest BCUT2D eigenvalue weighted by molar-refractivity contribution is 0.0964. The highest BCUT2D eigenvalue weighted by Crippen LogP contribution is 2.41. The molecule has 2 aliphatic carbocycles. The van der Waals surface area contributed by atoms with Crippen LogP contribution in [0.25, 0.3) is 11.1 Å². The Balaban J connectivity index is 0.000000159. The quantitative estimate of drug-likeness (QED) is 0.198. The van der Waals surface area contributed by atoms with Gasteiger partial charge in [-0.15, -0.1) is 0 Å². The summed E-state index contributed by atoms with van der Waals surface area (Å²) in [5.74, 6) is 1.95. The molecule has 4 aromatic rings. The van der Waals surface area contributed by atoms with Gasteiger partial charge in [-0.1, -0.05) is 40.2 Å². The molecule has 0 bridgehead atoms. The average Bonchev–Trinajstić information content (AvgIpc) is 3.04. The molecule has 0 radical (unpaired) electrons. The minimum atomic E-state index is 0.0260. The normalized spacial score (nSPS) is 14.5. The van der Waals surface area contributed by atoms with E-state index in [-0.39, 0.29) is 23.1 Å². The molecule has 0 N–H and O–H groups in total. The number of benzene rings is 4. The standard InChI is InChI=1S/C19H17BrO3.C19H16O3/c1-12(21)14-6-8-18(20)15(9-14)11-23-16-7-5-13-3-2-4-19(22)17(13)10-16;1-11(20)12-5-6-15-14(7-12)10-22-19-9-16-13(8-17(15)19)3-2-4-18(16)21/h5-10H,2-4,11H2,1H3;5-9H,2-4,10H2,1H3. The smallest absolute Gasteiger partial charge is 0.163 e. The summed E-state index contributed by atoms with van der Waals surface area (Å²) in [6, 6.07) is 20.9. The van der Waals surface area contributed by atoms with Crippen LogP contribution in [-0.4, -0.2) is 23.1 Å². The summed E-state index contributed by atoms with van der Waals surface area (Å²) < 4.78 is 12.6. The first-order valence-corrected chi connectivity index (χ1v) is 16.0. The molecule has 45 heavy (non-hydrogen) atoms. The van der Waals surface area contributed by atoms with Gasteiger partial charge in [-0.05, 0) is 104 Å². The Labute approximate surface area is 270 Å². The number of hydrogen-bond donors (Lipinski definition) is 0. The van der Waals surface area contributed by atoms with Crippen LogP contribution < -0.4 is 9.47 Å². The molecule has 3 aliphatic rings. The fraction of sp³-hybridized carbons (Fsp3) is 0.263. The van der Waals surface area contributed by atoms with Crippen LogP contribution in [0.15, 0.2) is 71.2 Å². The van der Waals surface area contributed by atoms with E-state index in [0.717, 1.165) is 80.4 Å². The van der Waals surface area contributed by atoms with Crippen molar-refractivity contribution in [1.82, 2.24) is 0 Å². The van der Waals surface area contributed by atoms with E-state index < -0.39 is 0 Å². The number of fused-ring (bicyclic) bond motifs is 5. The summed E-state index contributed by atoms with van der Waals surface area (Å²) >= 11 is 3.48. The molecule has 0 spiro atoms. The molecule has 228 valence electrons. The highest BCUT2D eigenvalue weighted by molar-refractivity contribution is 9.10. The first-order chi connectivity index (χ1) is 21.7. The molecule has 7 rings (SSSR count). The van der Waals surface area contributed by atoms with Gasteiger partial charge in [0.1, 0.15) is 24.7 Å². The number of aryl methyl sites for hydroxylation is 2. The lowest BCUT2D eigenvalue weighted by Crippen LogP contribution is -2.14. The second-order valence-electron chi connectivity index (χ2n) is 11.7. The molecule has 4 aromatic carbocycles. The number of ether oxygens (including phenoxy) is 2. The van der Waals surface area contributed by atoms with Crippen LogP contribution in [0.5, 0.6) is 11.5 Å². The number of ketones is 4. The predicted molar refractivity (Wildman–Crippen MR) is 176 cm³/mol. The highest BCUT2D eigenvalue weighted by Gasteiger charge is 2.25. The van der Waals surface area contributed by atoms with E-state index in [9.17, 15) is 19.2 Å². The van der Waals surface area contributed by atoms with Crippen molar-refractivity contribution in [3.63, 3.8) is 0 Å². The molecule has 0 saturated carbocycles. The number of hydrogen-bond acceptors (Lipinski definition) is 6. The molecule has 0 amide bonds. The fourth-order valence-electron chi connectivity index (χ4n) is 6.11. The molecule has 0 fully saturated rings. The van der Waals surface area contributed by atoms with E-state index in [1.54, 1.807) is 19.9 Å². The van der Waals surface area contributed by atoms with Crippen molar-refractivity contribution < 1.29 is 28.7 Å². The molecule has 0 saturated heterocycles. The van der Waals surface area contributed by atoms with E-state index in [4.69, 9.17) is 9.47 Å². The van der Waals surface area contributed by atoms with Crippen LogP contribution in [0.2, 0.25) is 0 Å². The summed E-state index contributed by atoms with van der Waals surface area (Å²) in [6.07, 6.45) is 4.98. The minimum Gasteiger partial charge on any atom is -0.489 e. The van der Waals surface area contributed by atoms with Crippen LogP contribution in [0, 0.1) is 0 Å². The Morgan fingerprint density at radius 1 is 0.689 bits per heavy atom. The first kappa shape index (κ1) is 30.7. The monoisotopic (exact) mass is 664 g/mol. The maximum Gasteiger partial charge on any atom is 0.163 e. The number of halogens is 1. The number of carbonyl (C=O) groups excluding carboxylic acids is 4. The van der Waals surface area contributed by atoms with Gasteiger partial charge in [-0.3, -0.25) is 19.2 Å². The molecule has 1 heterocycles. The summed E-state index contributed by atoms with van der Waals surface area (Å²) in [5, 5.41) is 0. The molecule has 0 aromatic heterocycles. The Bertz CT molecular complexity index is 1870.